The van der Waals surface area contributed by atoms with Crippen molar-refractivity contribution in [3.63, 3.8) is 0 Å². The predicted octanol–water partition coefficient (Wildman–Crippen LogP) is 2.07. The van der Waals surface area contributed by atoms with Crippen molar-refractivity contribution in [3.8, 4) is 0 Å². The summed E-state index contributed by atoms with van der Waals surface area (Å²) in [4.78, 5) is 34.8. The molecule has 2 amide bonds. The molecule has 0 aliphatic heterocycles. The van der Waals surface area contributed by atoms with Gasteiger partial charge in [-0.15, -0.1) is 0 Å². The summed E-state index contributed by atoms with van der Waals surface area (Å²) in [7, 11) is 0. The van der Waals surface area contributed by atoms with Crippen molar-refractivity contribution in [1.29, 1.82) is 0 Å². The lowest BCUT2D eigenvalue weighted by molar-refractivity contribution is -0.129. The van der Waals surface area contributed by atoms with Gasteiger partial charge in [0.1, 0.15) is 6.54 Å². The molecule has 0 radical (unpaired) electrons. The zero-order chi connectivity index (χ0) is 15.6. The van der Waals surface area contributed by atoms with Gasteiger partial charge in [-0.1, -0.05) is 25.1 Å². The molecule has 0 fully saturated rings. The van der Waals surface area contributed by atoms with Crippen LogP contribution in [0.5, 0.6) is 0 Å². The first kappa shape index (κ1) is 15.0. The minimum absolute atomic E-state index is 0.0197. The molecule has 0 bridgehead atoms. The number of nitrogens with zero attached hydrogens (tertiary/aromatic N) is 1. The maximum atomic E-state index is 11.9. The zero-order valence-corrected chi connectivity index (χ0v) is 12.4. The summed E-state index contributed by atoms with van der Waals surface area (Å²) < 4.78 is 1.81. The first-order valence-electron chi connectivity index (χ1n) is 6.87. The smallest absolute Gasteiger partial charge is 0.246 e. The Balaban J connectivity index is 2.59. The average Bonchev–Trinajstić information content (AvgIpc) is 2.72. The second kappa shape index (κ2) is 5.91. The number of fused-ring (bicyclic) bond motifs is 1. The van der Waals surface area contributed by atoms with Crippen molar-refractivity contribution in [2.24, 2.45) is 0 Å². The molecule has 0 saturated carbocycles. The van der Waals surface area contributed by atoms with E-state index in [1.54, 1.807) is 0 Å². The number of amides is 2. The largest absolute Gasteiger partial charge is 0.334 e. The van der Waals surface area contributed by atoms with Gasteiger partial charge >= 0.3 is 0 Å². The number of para-hydroxylation sites is 1. The summed E-state index contributed by atoms with van der Waals surface area (Å²) in [5.41, 5.74) is 2.31. The summed E-state index contributed by atoms with van der Waals surface area (Å²) in [6.07, 6.45) is 0.636. The molecule has 0 aliphatic carbocycles. The van der Waals surface area contributed by atoms with Crippen LogP contribution in [0.2, 0.25) is 0 Å². The molecule has 110 valence electrons. The van der Waals surface area contributed by atoms with Gasteiger partial charge in [0.25, 0.3) is 0 Å². The lowest BCUT2D eigenvalue weighted by atomic mass is 10.1. The quantitative estimate of drug-likeness (QED) is 0.875. The van der Waals surface area contributed by atoms with Gasteiger partial charge in [-0.3, -0.25) is 19.7 Å². The third-order valence-electron chi connectivity index (χ3n) is 3.38. The molecule has 0 spiro atoms. The SMILES string of the molecule is CCc1c(C(C)=O)c2ccccc2n1CC(=O)NC(C)=O. The van der Waals surface area contributed by atoms with Crippen molar-refractivity contribution in [1.82, 2.24) is 9.88 Å². The maximum Gasteiger partial charge on any atom is 0.246 e. The highest BCUT2D eigenvalue weighted by molar-refractivity contribution is 6.09. The number of Topliss-reactive ketones (excluding diaryl/α,β-unsaturated/α-hetero) is 1. The van der Waals surface area contributed by atoms with Crippen molar-refractivity contribution >= 4 is 28.5 Å². The number of carbonyl (C=O) groups is 3. The van der Waals surface area contributed by atoms with Crippen LogP contribution in [0.1, 0.15) is 36.8 Å². The molecular formula is C16H18N2O3. The van der Waals surface area contributed by atoms with Crippen LogP contribution in [0.15, 0.2) is 24.3 Å². The Hall–Kier alpha value is -2.43. The molecule has 1 aromatic carbocycles. The number of hydrogen-bond acceptors (Lipinski definition) is 3. The van der Waals surface area contributed by atoms with E-state index in [2.05, 4.69) is 5.32 Å². The van der Waals surface area contributed by atoms with Crippen LogP contribution in [0.25, 0.3) is 10.9 Å². The van der Waals surface area contributed by atoms with E-state index in [1.165, 1.54) is 13.8 Å². The number of imide groups is 1. The fraction of sp³-hybridized carbons (Fsp3) is 0.312. The average molecular weight is 286 g/mol. The fourth-order valence-electron chi connectivity index (χ4n) is 2.68. The maximum absolute atomic E-state index is 11.9. The molecule has 5 heteroatoms. The number of aromatic nitrogens is 1. The van der Waals surface area contributed by atoms with E-state index in [0.29, 0.717) is 12.0 Å². The predicted molar refractivity (Wildman–Crippen MR) is 80.1 cm³/mol. The summed E-state index contributed by atoms with van der Waals surface area (Å²) >= 11 is 0. The number of ketones is 1. The first-order valence-corrected chi connectivity index (χ1v) is 6.87. The number of hydrogen-bond donors (Lipinski definition) is 1. The van der Waals surface area contributed by atoms with E-state index in [-0.39, 0.29) is 24.1 Å². The van der Waals surface area contributed by atoms with Crippen LogP contribution in [0.4, 0.5) is 0 Å². The summed E-state index contributed by atoms with van der Waals surface area (Å²) in [6.45, 7) is 4.80. The zero-order valence-electron chi connectivity index (χ0n) is 12.4. The summed E-state index contributed by atoms with van der Waals surface area (Å²) in [5.74, 6) is -0.789. The molecule has 0 unspecified atom stereocenters. The van der Waals surface area contributed by atoms with Crippen LogP contribution in [0.3, 0.4) is 0 Å². The van der Waals surface area contributed by atoms with Crippen molar-refractivity contribution in [2.45, 2.75) is 33.7 Å². The molecule has 21 heavy (non-hydrogen) atoms. The minimum Gasteiger partial charge on any atom is -0.334 e. The normalized spacial score (nSPS) is 10.6. The van der Waals surface area contributed by atoms with Crippen molar-refractivity contribution in [2.75, 3.05) is 0 Å². The van der Waals surface area contributed by atoms with Gasteiger partial charge in [-0.2, -0.15) is 0 Å². The van der Waals surface area contributed by atoms with Gasteiger partial charge in [0, 0.05) is 29.1 Å². The highest BCUT2D eigenvalue weighted by Crippen LogP contribution is 2.27. The number of rotatable bonds is 4. The Morgan fingerprint density at radius 1 is 1.14 bits per heavy atom. The van der Waals surface area contributed by atoms with Crippen molar-refractivity contribution < 1.29 is 14.4 Å². The van der Waals surface area contributed by atoms with Crippen LogP contribution in [-0.2, 0) is 22.6 Å². The Labute approximate surface area is 122 Å². The van der Waals surface area contributed by atoms with Gasteiger partial charge in [0.05, 0.1) is 0 Å². The summed E-state index contributed by atoms with van der Waals surface area (Å²) in [5, 5.41) is 3.11. The Morgan fingerprint density at radius 3 is 2.38 bits per heavy atom. The van der Waals surface area contributed by atoms with Crippen LogP contribution < -0.4 is 5.32 Å². The Morgan fingerprint density at radius 2 is 1.81 bits per heavy atom. The van der Waals surface area contributed by atoms with E-state index >= 15 is 0 Å². The van der Waals surface area contributed by atoms with E-state index < -0.39 is 0 Å². The number of nitrogens with one attached hydrogen (secondary N) is 1. The van der Waals surface area contributed by atoms with Crippen LogP contribution >= 0.6 is 0 Å². The minimum atomic E-state index is -0.388. The lowest BCUT2D eigenvalue weighted by Crippen LogP contribution is -2.31. The van der Waals surface area contributed by atoms with Gasteiger partial charge in [-0.05, 0) is 19.4 Å². The van der Waals surface area contributed by atoms with E-state index in [4.69, 9.17) is 0 Å². The molecular weight excluding hydrogens is 268 g/mol. The molecule has 2 aromatic rings. The monoisotopic (exact) mass is 286 g/mol. The lowest BCUT2D eigenvalue weighted by Gasteiger charge is -2.09. The topological polar surface area (TPSA) is 68.2 Å². The third kappa shape index (κ3) is 2.86. The second-order valence-electron chi connectivity index (χ2n) is 4.94. The Bertz CT molecular complexity index is 728. The molecule has 1 heterocycles. The molecule has 5 nitrogen and oxygen atoms in total. The number of benzene rings is 1. The summed E-state index contributed by atoms with van der Waals surface area (Å²) in [6, 6.07) is 7.49. The van der Waals surface area contributed by atoms with Gasteiger partial charge in [0.15, 0.2) is 5.78 Å². The van der Waals surface area contributed by atoms with E-state index in [9.17, 15) is 14.4 Å². The highest BCUT2D eigenvalue weighted by Gasteiger charge is 2.20. The van der Waals surface area contributed by atoms with Crippen LogP contribution in [-0.4, -0.2) is 22.2 Å². The third-order valence-corrected chi connectivity index (χ3v) is 3.38. The van der Waals surface area contributed by atoms with Gasteiger partial charge < -0.3 is 4.57 Å². The standard InChI is InChI=1S/C16H18N2O3/c1-4-13-16(10(2)19)12-7-5-6-8-14(12)18(13)9-15(21)17-11(3)20/h5-8H,4,9H2,1-3H3,(H,17,20,21). The van der Waals surface area contributed by atoms with E-state index in [0.717, 1.165) is 16.6 Å². The molecule has 1 aromatic heterocycles. The molecule has 1 N–H and O–H groups in total. The first-order chi connectivity index (χ1) is 9.95. The Kier molecular flexibility index (Phi) is 4.21. The van der Waals surface area contributed by atoms with E-state index in [1.807, 2.05) is 35.8 Å². The van der Waals surface area contributed by atoms with Gasteiger partial charge in [0.2, 0.25) is 11.8 Å². The van der Waals surface area contributed by atoms with Crippen LogP contribution in [0, 0.1) is 0 Å². The van der Waals surface area contributed by atoms with Gasteiger partial charge in [-0.25, -0.2) is 0 Å². The fourth-order valence-corrected chi connectivity index (χ4v) is 2.68. The molecule has 2 rings (SSSR count). The van der Waals surface area contributed by atoms with Crippen molar-refractivity contribution in [3.05, 3.63) is 35.5 Å². The molecule has 0 atom stereocenters. The highest BCUT2D eigenvalue weighted by atomic mass is 16.2. The molecule has 0 aliphatic rings. The molecule has 0 saturated heterocycles. The number of carbonyl (C=O) groups excluding carboxylic acids is 3. The second-order valence-corrected chi connectivity index (χ2v) is 4.94.